The van der Waals surface area contributed by atoms with Gasteiger partial charge >= 0.3 is 0 Å². The second-order valence-electron chi connectivity index (χ2n) is 6.74. The number of aromatic nitrogens is 2. The van der Waals surface area contributed by atoms with Crippen molar-refractivity contribution in [2.45, 2.75) is 12.5 Å². The van der Waals surface area contributed by atoms with Crippen LogP contribution in [0.15, 0.2) is 42.5 Å². The summed E-state index contributed by atoms with van der Waals surface area (Å²) in [7, 11) is 1.92. The number of nitrogens with zero attached hydrogens (tertiary/aromatic N) is 2. The van der Waals surface area contributed by atoms with E-state index in [0.29, 0.717) is 36.7 Å². The molecule has 1 amide bonds. The number of anilines is 1. The number of fused-ring (bicyclic) bond motifs is 1. The van der Waals surface area contributed by atoms with Crippen molar-refractivity contribution in [2.24, 2.45) is 0 Å². The highest BCUT2D eigenvalue weighted by molar-refractivity contribution is 5.96. The number of carbonyl (C=O) groups is 1. The van der Waals surface area contributed by atoms with Gasteiger partial charge in [0.25, 0.3) is 0 Å². The van der Waals surface area contributed by atoms with Crippen LogP contribution in [0.2, 0.25) is 0 Å². The maximum absolute atomic E-state index is 13.8. The summed E-state index contributed by atoms with van der Waals surface area (Å²) in [6.45, 7) is 1.77. The lowest BCUT2D eigenvalue weighted by molar-refractivity contribution is -0.126. The van der Waals surface area contributed by atoms with E-state index >= 15 is 0 Å². The topological polar surface area (TPSA) is 70.2 Å². The molecule has 0 radical (unpaired) electrons. The molecule has 0 spiro atoms. The Kier molecular flexibility index (Phi) is 4.87. The number of hydrogen-bond donors (Lipinski definition) is 2. The van der Waals surface area contributed by atoms with E-state index in [1.54, 1.807) is 18.2 Å². The largest absolute Gasteiger partial charge is 0.378 e. The summed E-state index contributed by atoms with van der Waals surface area (Å²) < 4.78 is 19.2. The van der Waals surface area contributed by atoms with E-state index in [-0.39, 0.29) is 17.8 Å². The monoisotopic (exact) mass is 368 g/mol. The van der Waals surface area contributed by atoms with Crippen LogP contribution in [0.3, 0.4) is 0 Å². The summed E-state index contributed by atoms with van der Waals surface area (Å²) >= 11 is 0. The number of amides is 1. The first-order valence-electron chi connectivity index (χ1n) is 8.91. The number of carbonyl (C=O) groups excluding carboxylic acids is 1. The third-order valence-electron chi connectivity index (χ3n) is 4.81. The van der Waals surface area contributed by atoms with Crippen molar-refractivity contribution in [1.29, 1.82) is 0 Å². The molecule has 1 unspecified atom stereocenters. The van der Waals surface area contributed by atoms with Crippen LogP contribution < -0.4 is 5.32 Å². The predicted molar refractivity (Wildman–Crippen MR) is 101 cm³/mol. The Hall–Kier alpha value is -2.77. The van der Waals surface area contributed by atoms with Gasteiger partial charge in [0, 0.05) is 18.7 Å². The van der Waals surface area contributed by atoms with E-state index in [1.807, 2.05) is 30.1 Å². The minimum absolute atomic E-state index is 0.0948. The highest BCUT2D eigenvalue weighted by Gasteiger charge is 2.26. The van der Waals surface area contributed by atoms with E-state index in [1.165, 1.54) is 6.07 Å². The molecule has 27 heavy (non-hydrogen) atoms. The van der Waals surface area contributed by atoms with Gasteiger partial charge in [0.2, 0.25) is 5.91 Å². The molecule has 0 bridgehead atoms. The number of benzene rings is 2. The van der Waals surface area contributed by atoms with Crippen LogP contribution in [0.25, 0.3) is 11.0 Å². The minimum Gasteiger partial charge on any atom is -0.378 e. The van der Waals surface area contributed by atoms with Crippen LogP contribution in [0.4, 0.5) is 10.1 Å². The van der Waals surface area contributed by atoms with Gasteiger partial charge in [-0.3, -0.25) is 9.69 Å². The fourth-order valence-electron chi connectivity index (χ4n) is 3.23. The third-order valence-corrected chi connectivity index (χ3v) is 4.81. The number of likely N-dealkylation sites (N-methyl/N-ethyl adjacent to an activating group) is 1. The van der Waals surface area contributed by atoms with Gasteiger partial charge in [-0.2, -0.15) is 0 Å². The van der Waals surface area contributed by atoms with Gasteiger partial charge in [0.1, 0.15) is 17.7 Å². The first kappa shape index (κ1) is 17.6. The van der Waals surface area contributed by atoms with Gasteiger partial charge in [-0.25, -0.2) is 9.37 Å². The SMILES string of the molecule is CN1CCOCC1C(=O)Nc1ccc2nc(Cc3ccccc3F)[nH]c2c1. The minimum atomic E-state index is -0.298. The first-order valence-corrected chi connectivity index (χ1v) is 8.91. The van der Waals surface area contributed by atoms with Crippen molar-refractivity contribution in [3.05, 3.63) is 59.7 Å². The number of hydrogen-bond acceptors (Lipinski definition) is 4. The normalized spacial score (nSPS) is 17.9. The maximum Gasteiger partial charge on any atom is 0.244 e. The summed E-state index contributed by atoms with van der Waals surface area (Å²) in [6.07, 6.45) is 0.382. The molecular formula is C20H21FN4O2. The highest BCUT2D eigenvalue weighted by atomic mass is 19.1. The number of rotatable bonds is 4. The molecule has 2 heterocycles. The van der Waals surface area contributed by atoms with Crippen molar-refractivity contribution < 1.29 is 13.9 Å². The van der Waals surface area contributed by atoms with E-state index in [4.69, 9.17) is 4.74 Å². The Labute approximate surface area is 156 Å². The zero-order valence-corrected chi connectivity index (χ0v) is 15.0. The van der Waals surface area contributed by atoms with Gasteiger partial charge in [-0.1, -0.05) is 18.2 Å². The number of nitrogens with one attached hydrogen (secondary N) is 2. The maximum atomic E-state index is 13.8. The van der Waals surface area contributed by atoms with E-state index in [9.17, 15) is 9.18 Å². The van der Waals surface area contributed by atoms with Crippen molar-refractivity contribution in [3.8, 4) is 0 Å². The Morgan fingerprint density at radius 2 is 2.22 bits per heavy atom. The molecule has 1 aliphatic rings. The predicted octanol–water partition coefficient (Wildman–Crippen LogP) is 2.56. The molecule has 3 aromatic rings. The Morgan fingerprint density at radius 3 is 3.04 bits per heavy atom. The smallest absolute Gasteiger partial charge is 0.244 e. The summed E-state index contributed by atoms with van der Waals surface area (Å²) in [6, 6.07) is 11.9. The van der Waals surface area contributed by atoms with Gasteiger partial charge in [0.05, 0.1) is 24.2 Å². The number of H-pyrrole nitrogens is 1. The summed E-state index contributed by atoms with van der Waals surface area (Å²) in [4.78, 5) is 22.2. The van der Waals surface area contributed by atoms with Crippen LogP contribution in [-0.4, -0.2) is 53.6 Å². The number of aromatic amines is 1. The van der Waals surface area contributed by atoms with Crippen molar-refractivity contribution >= 4 is 22.6 Å². The van der Waals surface area contributed by atoms with Crippen molar-refractivity contribution in [2.75, 3.05) is 32.1 Å². The van der Waals surface area contributed by atoms with Crippen molar-refractivity contribution in [3.63, 3.8) is 0 Å². The molecular weight excluding hydrogens is 347 g/mol. The number of halogens is 1. The average Bonchev–Trinajstić information content (AvgIpc) is 3.05. The molecule has 140 valence electrons. The van der Waals surface area contributed by atoms with Gasteiger partial charge < -0.3 is 15.0 Å². The zero-order valence-electron chi connectivity index (χ0n) is 15.0. The molecule has 4 rings (SSSR count). The van der Waals surface area contributed by atoms with Crippen molar-refractivity contribution in [1.82, 2.24) is 14.9 Å². The van der Waals surface area contributed by atoms with Gasteiger partial charge in [0.15, 0.2) is 0 Å². The molecule has 1 atom stereocenters. The summed E-state index contributed by atoms with van der Waals surface area (Å²) in [5.74, 6) is 0.339. The second kappa shape index (κ2) is 7.46. The lowest BCUT2D eigenvalue weighted by Gasteiger charge is -2.31. The van der Waals surface area contributed by atoms with Crippen LogP contribution in [0, 0.1) is 5.82 Å². The summed E-state index contributed by atoms with van der Waals surface area (Å²) in [5.41, 5.74) is 2.85. The van der Waals surface area contributed by atoms with Gasteiger partial charge in [-0.05, 0) is 36.9 Å². The number of morpholine rings is 1. The van der Waals surface area contributed by atoms with E-state index in [2.05, 4.69) is 15.3 Å². The number of ether oxygens (including phenoxy) is 1. The molecule has 7 heteroatoms. The van der Waals surface area contributed by atoms with Crippen LogP contribution >= 0.6 is 0 Å². The van der Waals surface area contributed by atoms with E-state index in [0.717, 1.165) is 17.6 Å². The average molecular weight is 368 g/mol. The molecule has 0 aliphatic carbocycles. The Balaban J connectivity index is 1.51. The quantitative estimate of drug-likeness (QED) is 0.743. The Morgan fingerprint density at radius 1 is 1.37 bits per heavy atom. The molecule has 1 saturated heterocycles. The van der Waals surface area contributed by atoms with Crippen LogP contribution in [-0.2, 0) is 16.0 Å². The third kappa shape index (κ3) is 3.84. The number of imidazole rings is 1. The molecule has 1 aliphatic heterocycles. The molecule has 0 saturated carbocycles. The van der Waals surface area contributed by atoms with E-state index < -0.39 is 0 Å². The molecule has 1 aromatic heterocycles. The molecule has 2 aromatic carbocycles. The standard InChI is InChI=1S/C20H21FN4O2/c1-25-8-9-27-12-18(25)20(26)22-14-6-7-16-17(11-14)24-19(23-16)10-13-4-2-3-5-15(13)21/h2-7,11,18H,8-10,12H2,1H3,(H,22,26)(H,23,24). The molecule has 1 fully saturated rings. The first-order chi connectivity index (χ1) is 13.1. The zero-order chi connectivity index (χ0) is 18.8. The second-order valence-corrected chi connectivity index (χ2v) is 6.74. The fourth-order valence-corrected chi connectivity index (χ4v) is 3.23. The summed E-state index contributed by atoms with van der Waals surface area (Å²) in [5, 5.41) is 2.93. The van der Waals surface area contributed by atoms with Crippen LogP contribution in [0.1, 0.15) is 11.4 Å². The Bertz CT molecular complexity index is 972. The molecule has 2 N–H and O–H groups in total. The lowest BCUT2D eigenvalue weighted by Crippen LogP contribution is -2.49. The fraction of sp³-hybridized carbons (Fsp3) is 0.300. The van der Waals surface area contributed by atoms with Crippen LogP contribution in [0.5, 0.6) is 0 Å². The highest BCUT2D eigenvalue weighted by Crippen LogP contribution is 2.20. The van der Waals surface area contributed by atoms with Gasteiger partial charge in [-0.15, -0.1) is 0 Å². The molecule has 6 nitrogen and oxygen atoms in total. The lowest BCUT2D eigenvalue weighted by atomic mass is 10.1.